The third kappa shape index (κ3) is 5.66. The molecule has 1 aliphatic rings. The van der Waals surface area contributed by atoms with Crippen molar-refractivity contribution in [1.82, 2.24) is 15.1 Å². The Morgan fingerprint density at radius 1 is 1.02 bits per heavy atom. The van der Waals surface area contributed by atoms with Crippen molar-refractivity contribution in [3.8, 4) is 0 Å². The summed E-state index contributed by atoms with van der Waals surface area (Å²) in [5.74, 6) is -1.25. The molecule has 0 saturated carbocycles. The fourth-order valence-corrected chi connectivity index (χ4v) is 6.23. The maximum Gasteiger partial charge on any atom is 0.430 e. The molecule has 228 valence electrons. The number of hydrogen-bond acceptors (Lipinski definition) is 7. The molecule has 2 aromatic carbocycles. The van der Waals surface area contributed by atoms with E-state index in [1.807, 2.05) is 0 Å². The van der Waals surface area contributed by atoms with E-state index < -0.39 is 50.3 Å². The van der Waals surface area contributed by atoms with Gasteiger partial charge in [0.15, 0.2) is 0 Å². The monoisotopic (exact) mass is 624 g/mol. The zero-order valence-corrected chi connectivity index (χ0v) is 22.7. The number of halogens is 7. The van der Waals surface area contributed by atoms with Gasteiger partial charge in [0.2, 0.25) is 17.7 Å². The lowest BCUT2D eigenvalue weighted by atomic mass is 9.87. The first-order valence-corrected chi connectivity index (χ1v) is 13.6. The van der Waals surface area contributed by atoms with E-state index in [1.165, 1.54) is 19.0 Å². The van der Waals surface area contributed by atoms with Crippen molar-refractivity contribution in [3.63, 3.8) is 0 Å². The van der Waals surface area contributed by atoms with Crippen molar-refractivity contribution in [3.05, 3.63) is 71.2 Å². The summed E-state index contributed by atoms with van der Waals surface area (Å²) in [6.07, 6.45) is -13.1. The number of alkyl halides is 6. The van der Waals surface area contributed by atoms with E-state index in [0.29, 0.717) is 12.1 Å². The van der Waals surface area contributed by atoms with Gasteiger partial charge in [0, 0.05) is 26.1 Å². The topological polar surface area (TPSA) is 117 Å². The maximum absolute atomic E-state index is 13.8. The number of anilines is 1. The van der Waals surface area contributed by atoms with Crippen LogP contribution >= 0.6 is 0 Å². The average Bonchev–Trinajstić information content (AvgIpc) is 3.32. The minimum atomic E-state index is -6.14. The predicted molar refractivity (Wildman–Crippen MR) is 131 cm³/mol. The predicted octanol–water partition coefficient (Wildman–Crippen LogP) is 3.90. The van der Waals surface area contributed by atoms with E-state index in [1.54, 1.807) is 0 Å². The zero-order chi connectivity index (χ0) is 31.3. The zero-order valence-electron chi connectivity index (χ0n) is 21.9. The number of carbonyl (C=O) groups is 1. The number of benzene rings is 2. The lowest BCUT2D eigenvalue weighted by Gasteiger charge is -2.39. The maximum atomic E-state index is 13.8. The third-order valence-electron chi connectivity index (χ3n) is 6.72. The lowest BCUT2D eigenvalue weighted by Crippen LogP contribution is -2.54. The molecule has 0 saturated heterocycles. The summed E-state index contributed by atoms with van der Waals surface area (Å²) >= 11 is 0. The van der Waals surface area contributed by atoms with Gasteiger partial charge in [-0.25, -0.2) is 12.8 Å². The molecule has 9 nitrogen and oxygen atoms in total. The van der Waals surface area contributed by atoms with Gasteiger partial charge in [-0.15, -0.1) is 10.2 Å². The number of hydrogen-bond donors (Lipinski definition) is 1. The van der Waals surface area contributed by atoms with Crippen LogP contribution in [0.5, 0.6) is 0 Å². The van der Waals surface area contributed by atoms with E-state index in [-0.39, 0.29) is 54.6 Å². The quantitative estimate of drug-likeness (QED) is 0.397. The number of aliphatic hydroxyl groups is 1. The van der Waals surface area contributed by atoms with Crippen LogP contribution in [0, 0.1) is 5.82 Å². The normalized spacial score (nSPS) is 16.3. The van der Waals surface area contributed by atoms with Crippen LogP contribution in [-0.2, 0) is 39.7 Å². The van der Waals surface area contributed by atoms with Gasteiger partial charge < -0.3 is 14.4 Å². The summed E-state index contributed by atoms with van der Waals surface area (Å²) in [6, 6.07) is 4.19. The summed E-state index contributed by atoms with van der Waals surface area (Å²) in [5.41, 5.74) is -7.22. The van der Waals surface area contributed by atoms with Gasteiger partial charge in [-0.05, 0) is 48.7 Å². The van der Waals surface area contributed by atoms with E-state index in [0.717, 1.165) is 34.6 Å². The Bertz CT molecular complexity index is 1560. The molecule has 1 amide bonds. The van der Waals surface area contributed by atoms with Gasteiger partial charge in [0.1, 0.15) is 12.2 Å². The van der Waals surface area contributed by atoms with Crippen molar-refractivity contribution in [2.24, 2.45) is 0 Å². The van der Waals surface area contributed by atoms with Gasteiger partial charge in [-0.2, -0.15) is 26.3 Å². The van der Waals surface area contributed by atoms with E-state index >= 15 is 0 Å². The second kappa shape index (κ2) is 10.8. The Labute approximate surface area is 234 Å². The van der Waals surface area contributed by atoms with E-state index in [2.05, 4.69) is 10.2 Å². The van der Waals surface area contributed by atoms with E-state index in [9.17, 15) is 49.1 Å². The van der Waals surface area contributed by atoms with Crippen LogP contribution in [-0.4, -0.2) is 67.0 Å². The smallest absolute Gasteiger partial charge is 0.425 e. The molecule has 1 unspecified atom stereocenters. The van der Waals surface area contributed by atoms with Crippen LogP contribution in [0.1, 0.15) is 29.3 Å². The summed E-state index contributed by atoms with van der Waals surface area (Å²) in [7, 11) is -1.57. The van der Waals surface area contributed by atoms with Gasteiger partial charge in [-0.1, -0.05) is 12.1 Å². The summed E-state index contributed by atoms with van der Waals surface area (Å²) in [5, 5.41) is 17.5. The number of sulfonamides is 1. The van der Waals surface area contributed by atoms with Crippen molar-refractivity contribution in [2.75, 3.05) is 18.4 Å². The standard InChI is InChI=1S/C25H23F7N4O5S/c1-35(2)22(37)13-21-34-33-20(41-21)12-17-7-3-14-11-15(23(38,24(27,28)29)25(30,31)32)4-10-19(14)36(17)42(39,40)18-8-5-16(26)6-9-18/h4-6,8-11,17,38H,3,7,12-13H2,1-2H3. The first-order chi connectivity index (χ1) is 19.4. The van der Waals surface area contributed by atoms with Crippen molar-refractivity contribution >= 4 is 21.6 Å². The molecule has 0 radical (unpaired) electrons. The summed E-state index contributed by atoms with van der Waals surface area (Å²) in [4.78, 5) is 12.8. The lowest BCUT2D eigenvalue weighted by molar-refractivity contribution is -0.376. The van der Waals surface area contributed by atoms with Crippen LogP contribution < -0.4 is 4.31 Å². The number of aryl methyl sites for hydroxylation is 1. The van der Waals surface area contributed by atoms with E-state index in [4.69, 9.17) is 4.42 Å². The number of amides is 1. The van der Waals surface area contributed by atoms with Crippen molar-refractivity contribution < 1.29 is 53.5 Å². The van der Waals surface area contributed by atoms with Crippen LogP contribution in [0.3, 0.4) is 0 Å². The molecule has 4 rings (SSSR count). The fraction of sp³-hybridized carbons (Fsp3) is 0.400. The Balaban J connectivity index is 1.79. The molecule has 0 spiro atoms. The number of rotatable bonds is 7. The van der Waals surface area contributed by atoms with Gasteiger partial charge in [0.05, 0.1) is 16.6 Å². The Hall–Kier alpha value is -3.73. The molecule has 1 aliphatic heterocycles. The molecule has 0 fully saturated rings. The molecule has 0 aliphatic carbocycles. The molecular formula is C25H23F7N4O5S. The molecule has 1 atom stereocenters. The molecule has 1 N–H and O–H groups in total. The average molecular weight is 625 g/mol. The highest BCUT2D eigenvalue weighted by Crippen LogP contribution is 2.51. The second-order valence-corrected chi connectivity index (χ2v) is 11.6. The molecular weight excluding hydrogens is 601 g/mol. The Kier molecular flexibility index (Phi) is 8.05. The molecule has 2 heterocycles. The number of fused-ring (bicyclic) bond motifs is 1. The second-order valence-electron chi connectivity index (χ2n) is 9.76. The van der Waals surface area contributed by atoms with Crippen LogP contribution in [0.4, 0.5) is 36.4 Å². The van der Waals surface area contributed by atoms with Crippen molar-refractivity contribution in [2.45, 2.75) is 54.6 Å². The van der Waals surface area contributed by atoms with Gasteiger partial charge in [-0.3, -0.25) is 9.10 Å². The highest BCUT2D eigenvalue weighted by molar-refractivity contribution is 7.92. The summed E-state index contributed by atoms with van der Waals surface area (Å²) in [6.45, 7) is 0. The minimum Gasteiger partial charge on any atom is -0.425 e. The molecule has 17 heteroatoms. The molecule has 3 aromatic rings. The Morgan fingerprint density at radius 3 is 2.19 bits per heavy atom. The molecule has 1 aromatic heterocycles. The molecule has 42 heavy (non-hydrogen) atoms. The third-order valence-corrected chi connectivity index (χ3v) is 8.61. The molecule has 0 bridgehead atoms. The SMILES string of the molecule is CN(C)C(=O)Cc1nnc(CC2CCc3cc(C(O)(C(F)(F)F)C(F)(F)F)ccc3N2S(=O)(=O)c2ccc(F)cc2)o1. The number of aromatic nitrogens is 2. The number of carbonyl (C=O) groups excluding carboxylic acids is 1. The number of likely N-dealkylation sites (N-methyl/N-ethyl adjacent to an activating group) is 1. The highest BCUT2D eigenvalue weighted by atomic mass is 32.2. The minimum absolute atomic E-state index is 0.0592. The van der Waals surface area contributed by atoms with Gasteiger partial charge >= 0.3 is 12.4 Å². The first-order valence-electron chi connectivity index (χ1n) is 12.2. The number of nitrogens with zero attached hydrogens (tertiary/aromatic N) is 4. The van der Waals surface area contributed by atoms with Crippen LogP contribution in [0.2, 0.25) is 0 Å². The van der Waals surface area contributed by atoms with Crippen LogP contribution in [0.25, 0.3) is 0 Å². The van der Waals surface area contributed by atoms with Gasteiger partial charge in [0.25, 0.3) is 15.6 Å². The fourth-order valence-electron chi connectivity index (χ4n) is 4.51. The first kappa shape index (κ1) is 31.2. The summed E-state index contributed by atoms with van der Waals surface area (Å²) < 4.78 is 128. The highest BCUT2D eigenvalue weighted by Gasteiger charge is 2.71. The van der Waals surface area contributed by atoms with Crippen LogP contribution in [0.15, 0.2) is 51.8 Å². The largest absolute Gasteiger partial charge is 0.430 e. The van der Waals surface area contributed by atoms with Crippen molar-refractivity contribution in [1.29, 1.82) is 0 Å². The Morgan fingerprint density at radius 2 is 1.62 bits per heavy atom.